The lowest BCUT2D eigenvalue weighted by Gasteiger charge is -2.14. The number of primary sulfonamides is 1. The fourth-order valence-electron chi connectivity index (χ4n) is 2.72. The van der Waals surface area contributed by atoms with Crippen LogP contribution in [0.5, 0.6) is 0 Å². The quantitative estimate of drug-likeness (QED) is 0.367. The maximum absolute atomic E-state index is 12.6. The van der Waals surface area contributed by atoms with Crippen LogP contribution in [0.15, 0.2) is 57.4 Å². The number of nitrogens with two attached hydrogens (primary N) is 1. The van der Waals surface area contributed by atoms with Crippen LogP contribution in [0.25, 0.3) is 0 Å². The van der Waals surface area contributed by atoms with Gasteiger partial charge < -0.3 is 0 Å². The van der Waals surface area contributed by atoms with Crippen LogP contribution in [-0.4, -0.2) is 44.2 Å². The summed E-state index contributed by atoms with van der Waals surface area (Å²) in [5.74, 6) is -0.705. The van der Waals surface area contributed by atoms with Crippen molar-refractivity contribution in [3.05, 3.63) is 58.1 Å². The summed E-state index contributed by atoms with van der Waals surface area (Å²) in [6.45, 7) is 1.04. The predicted molar refractivity (Wildman–Crippen MR) is 106 cm³/mol. The van der Waals surface area contributed by atoms with Crippen LogP contribution in [0, 0.1) is 10.1 Å². The molecule has 0 radical (unpaired) electrons. The van der Waals surface area contributed by atoms with Gasteiger partial charge in [0.15, 0.2) is 0 Å². The van der Waals surface area contributed by atoms with Crippen molar-refractivity contribution in [3.63, 3.8) is 0 Å². The lowest BCUT2D eigenvalue weighted by molar-refractivity contribution is -0.384. The van der Waals surface area contributed by atoms with Crippen molar-refractivity contribution in [1.29, 1.82) is 0 Å². The van der Waals surface area contributed by atoms with E-state index in [1.165, 1.54) is 25.1 Å². The zero-order valence-electron chi connectivity index (χ0n) is 15.3. The van der Waals surface area contributed by atoms with Gasteiger partial charge in [0.2, 0.25) is 10.0 Å². The van der Waals surface area contributed by atoms with Crippen molar-refractivity contribution in [2.24, 2.45) is 10.2 Å². The fourth-order valence-corrected chi connectivity index (χ4v) is 4.85. The highest BCUT2D eigenvalue weighted by Crippen LogP contribution is 2.30. The van der Waals surface area contributed by atoms with Crippen LogP contribution >= 0.6 is 0 Å². The Morgan fingerprint density at radius 2 is 1.93 bits per heavy atom. The molecule has 0 bridgehead atoms. The molecule has 0 fully saturated rings. The first-order chi connectivity index (χ1) is 13.9. The normalized spacial score (nSPS) is 15.7. The summed E-state index contributed by atoms with van der Waals surface area (Å²) in [5, 5.41) is 20.1. The summed E-state index contributed by atoms with van der Waals surface area (Å²) in [5.41, 5.74) is 1.82. The van der Waals surface area contributed by atoms with Crippen LogP contribution in [0.1, 0.15) is 17.3 Å². The smallest absolute Gasteiger partial charge is 0.272 e. The first kappa shape index (κ1) is 21.4. The average molecular weight is 453 g/mol. The van der Waals surface area contributed by atoms with Crippen molar-refractivity contribution in [2.45, 2.75) is 16.7 Å². The van der Waals surface area contributed by atoms with Crippen LogP contribution in [0.3, 0.4) is 0 Å². The van der Waals surface area contributed by atoms with Crippen LogP contribution in [0.4, 0.5) is 11.4 Å². The third-order valence-electron chi connectivity index (χ3n) is 4.15. The summed E-state index contributed by atoms with van der Waals surface area (Å²) in [4.78, 5) is 22.3. The van der Waals surface area contributed by atoms with Gasteiger partial charge in [0.25, 0.3) is 21.6 Å². The Balaban J connectivity index is 1.85. The minimum Gasteiger partial charge on any atom is -0.272 e. The maximum atomic E-state index is 12.6. The van der Waals surface area contributed by atoms with E-state index in [2.05, 4.69) is 10.5 Å². The SMILES string of the molecule is C/C(CN1C(=O)c2ccccc2S1(=O)=O)=N\Nc1ccc(S(N)(=O)=O)cc1[N+](=O)[O-]. The number of nitro groups is 1. The van der Waals surface area contributed by atoms with Crippen LogP contribution < -0.4 is 10.6 Å². The van der Waals surface area contributed by atoms with Crippen molar-refractivity contribution in [1.82, 2.24) is 4.31 Å². The number of nitro benzene ring substituents is 1. The van der Waals surface area contributed by atoms with E-state index in [-0.39, 0.29) is 28.4 Å². The molecule has 30 heavy (non-hydrogen) atoms. The van der Waals surface area contributed by atoms with Gasteiger partial charge in [0, 0.05) is 6.07 Å². The first-order valence-corrected chi connectivity index (χ1v) is 11.2. The van der Waals surface area contributed by atoms with E-state index in [0.29, 0.717) is 4.31 Å². The zero-order valence-corrected chi connectivity index (χ0v) is 17.0. The minimum atomic E-state index is -4.15. The molecule has 3 N–H and O–H groups in total. The molecule has 1 heterocycles. The number of anilines is 1. The fraction of sp³-hybridized carbons (Fsp3) is 0.125. The zero-order chi connectivity index (χ0) is 22.3. The Morgan fingerprint density at radius 1 is 1.27 bits per heavy atom. The first-order valence-electron chi connectivity index (χ1n) is 8.19. The second-order valence-electron chi connectivity index (χ2n) is 6.25. The topological polar surface area (TPSA) is 182 Å². The van der Waals surface area contributed by atoms with Crippen LogP contribution in [-0.2, 0) is 20.0 Å². The summed E-state index contributed by atoms with van der Waals surface area (Å²) >= 11 is 0. The third-order valence-corrected chi connectivity index (χ3v) is 6.84. The van der Waals surface area contributed by atoms with Gasteiger partial charge >= 0.3 is 0 Å². The van der Waals surface area contributed by atoms with Crippen molar-refractivity contribution >= 4 is 43.0 Å². The number of nitrogens with zero attached hydrogens (tertiary/aromatic N) is 3. The number of fused-ring (bicyclic) bond motifs is 1. The highest BCUT2D eigenvalue weighted by atomic mass is 32.2. The molecule has 12 nitrogen and oxygen atoms in total. The van der Waals surface area contributed by atoms with Gasteiger partial charge in [-0.2, -0.15) is 5.10 Å². The number of benzene rings is 2. The van der Waals surface area contributed by atoms with E-state index in [9.17, 15) is 31.7 Å². The number of hydrazone groups is 1. The summed E-state index contributed by atoms with van der Waals surface area (Å²) < 4.78 is 48.5. The van der Waals surface area contributed by atoms with E-state index >= 15 is 0 Å². The third kappa shape index (κ3) is 3.87. The summed E-state index contributed by atoms with van der Waals surface area (Å²) in [7, 11) is -8.18. The molecule has 0 saturated heterocycles. The highest BCUT2D eigenvalue weighted by molar-refractivity contribution is 7.90. The number of hydrogen-bond donors (Lipinski definition) is 2. The Labute approximate surface area is 171 Å². The molecule has 3 rings (SSSR count). The van der Waals surface area contributed by atoms with E-state index in [0.717, 1.165) is 18.2 Å². The molecule has 1 amide bonds. The molecule has 14 heteroatoms. The molecule has 0 spiro atoms. The molecule has 0 atom stereocenters. The molecule has 0 aliphatic carbocycles. The number of amides is 1. The molecule has 158 valence electrons. The summed E-state index contributed by atoms with van der Waals surface area (Å²) in [6, 6.07) is 8.69. The lowest BCUT2D eigenvalue weighted by Crippen LogP contribution is -2.34. The standard InChI is InChI=1S/C16H15N5O7S2/c1-10(9-20-16(22)12-4-2-3-5-15(12)30(20,27)28)18-19-13-7-6-11(29(17,25)26)8-14(13)21(23)24/h2-8,19H,9H2,1H3,(H2,17,25,26)/b18-10+. The van der Waals surface area contributed by atoms with E-state index < -0.39 is 41.5 Å². The predicted octanol–water partition coefficient (Wildman–Crippen LogP) is 0.875. The van der Waals surface area contributed by atoms with Gasteiger partial charge in [-0.05, 0) is 31.2 Å². The summed E-state index contributed by atoms with van der Waals surface area (Å²) in [6.07, 6.45) is 0. The molecule has 2 aromatic carbocycles. The number of hydrogen-bond acceptors (Lipinski definition) is 9. The van der Waals surface area contributed by atoms with E-state index in [4.69, 9.17) is 5.14 Å². The number of rotatable bonds is 6. The minimum absolute atomic E-state index is 0.0486. The van der Waals surface area contributed by atoms with Gasteiger partial charge in [-0.3, -0.25) is 20.3 Å². The number of carbonyl (C=O) groups excluding carboxylic acids is 1. The Hall–Kier alpha value is -3.36. The number of sulfonamides is 2. The Bertz CT molecular complexity index is 1300. The van der Waals surface area contributed by atoms with E-state index in [1.807, 2.05) is 0 Å². The number of carbonyl (C=O) groups is 1. The van der Waals surface area contributed by atoms with Gasteiger partial charge in [0.05, 0.1) is 27.6 Å². The second kappa shape index (κ2) is 7.47. The molecule has 2 aromatic rings. The molecule has 0 saturated carbocycles. The van der Waals surface area contributed by atoms with Gasteiger partial charge in [-0.25, -0.2) is 26.3 Å². The molecule has 0 aromatic heterocycles. The molecular weight excluding hydrogens is 438 g/mol. The molecular formula is C16H15N5O7S2. The number of nitrogens with one attached hydrogen (secondary N) is 1. The van der Waals surface area contributed by atoms with Crippen LogP contribution in [0.2, 0.25) is 0 Å². The Morgan fingerprint density at radius 3 is 2.53 bits per heavy atom. The molecule has 1 aliphatic rings. The van der Waals surface area contributed by atoms with Gasteiger partial charge in [0.1, 0.15) is 10.6 Å². The lowest BCUT2D eigenvalue weighted by atomic mass is 10.2. The monoisotopic (exact) mass is 453 g/mol. The largest absolute Gasteiger partial charge is 0.295 e. The molecule has 0 unspecified atom stereocenters. The second-order valence-corrected chi connectivity index (χ2v) is 9.65. The Kier molecular flexibility index (Phi) is 5.32. The van der Waals surface area contributed by atoms with Crippen molar-refractivity contribution < 1.29 is 26.6 Å². The van der Waals surface area contributed by atoms with E-state index in [1.54, 1.807) is 6.07 Å². The highest BCUT2D eigenvalue weighted by Gasteiger charge is 2.40. The average Bonchev–Trinajstić information content (AvgIpc) is 2.86. The van der Waals surface area contributed by atoms with Gasteiger partial charge in [-0.1, -0.05) is 12.1 Å². The maximum Gasteiger partial charge on any atom is 0.295 e. The molecule has 1 aliphatic heterocycles. The van der Waals surface area contributed by atoms with Crippen molar-refractivity contribution in [3.8, 4) is 0 Å². The van der Waals surface area contributed by atoms with Crippen molar-refractivity contribution in [2.75, 3.05) is 12.0 Å². The van der Waals surface area contributed by atoms with Gasteiger partial charge in [-0.15, -0.1) is 0 Å².